The van der Waals surface area contributed by atoms with Gasteiger partial charge in [-0.25, -0.2) is 17.6 Å². The van der Waals surface area contributed by atoms with Gasteiger partial charge in [0, 0.05) is 6.07 Å². The smallest absolute Gasteiger partial charge is 0.261 e. The third-order valence-corrected chi connectivity index (χ3v) is 3.38. The molecule has 2 aromatic carbocycles. The Labute approximate surface area is 125 Å². The van der Waals surface area contributed by atoms with Gasteiger partial charge in [-0.05, 0) is 40.5 Å². The quantitative estimate of drug-likeness (QED) is 0.616. The summed E-state index contributed by atoms with van der Waals surface area (Å²) >= 11 is 2.78. The van der Waals surface area contributed by atoms with Crippen molar-refractivity contribution in [3.8, 4) is 0 Å². The van der Waals surface area contributed by atoms with Gasteiger partial charge >= 0.3 is 0 Å². The number of amides is 1. The highest BCUT2D eigenvalue weighted by Gasteiger charge is 2.20. The highest BCUT2D eigenvalue weighted by Crippen LogP contribution is 2.25. The summed E-state index contributed by atoms with van der Waals surface area (Å²) in [6.45, 7) is 1.35. The zero-order valence-electron chi connectivity index (χ0n) is 10.6. The maximum atomic E-state index is 13.8. The molecule has 2 nitrogen and oxygen atoms in total. The van der Waals surface area contributed by atoms with Crippen LogP contribution in [0.15, 0.2) is 28.7 Å². The van der Waals surface area contributed by atoms with E-state index < -0.39 is 40.4 Å². The highest BCUT2D eigenvalue weighted by molar-refractivity contribution is 9.10. The first-order valence-electron chi connectivity index (χ1n) is 5.71. The topological polar surface area (TPSA) is 29.1 Å². The molecule has 0 saturated carbocycles. The number of aryl methyl sites for hydroxylation is 1. The second-order valence-corrected chi connectivity index (χ2v) is 5.11. The number of hydrogen-bond donors (Lipinski definition) is 1. The summed E-state index contributed by atoms with van der Waals surface area (Å²) in [6, 6.07) is 3.60. The van der Waals surface area contributed by atoms with Crippen LogP contribution in [0.1, 0.15) is 15.9 Å². The number of carbonyl (C=O) groups is 1. The lowest BCUT2D eigenvalue weighted by Gasteiger charge is -2.10. The molecule has 0 aromatic heterocycles. The summed E-state index contributed by atoms with van der Waals surface area (Å²) in [4.78, 5) is 11.9. The summed E-state index contributed by atoms with van der Waals surface area (Å²) < 4.78 is 54.1. The van der Waals surface area contributed by atoms with Gasteiger partial charge < -0.3 is 5.32 Å². The van der Waals surface area contributed by atoms with E-state index in [9.17, 15) is 22.4 Å². The second kappa shape index (κ2) is 5.85. The van der Waals surface area contributed by atoms with Crippen LogP contribution in [0, 0.1) is 30.2 Å². The lowest BCUT2D eigenvalue weighted by molar-refractivity contribution is 0.101. The van der Waals surface area contributed by atoms with Crippen molar-refractivity contribution in [3.05, 3.63) is 63.1 Å². The van der Waals surface area contributed by atoms with Crippen LogP contribution in [0.4, 0.5) is 23.2 Å². The Hall–Kier alpha value is -1.89. The van der Waals surface area contributed by atoms with Gasteiger partial charge in [0.1, 0.15) is 28.8 Å². The van der Waals surface area contributed by atoms with Gasteiger partial charge in [0.15, 0.2) is 0 Å². The third kappa shape index (κ3) is 3.07. The van der Waals surface area contributed by atoms with Crippen molar-refractivity contribution >= 4 is 27.5 Å². The van der Waals surface area contributed by atoms with Crippen molar-refractivity contribution in [2.75, 3.05) is 5.32 Å². The van der Waals surface area contributed by atoms with Crippen LogP contribution >= 0.6 is 15.9 Å². The second-order valence-electron chi connectivity index (χ2n) is 4.25. The predicted molar refractivity (Wildman–Crippen MR) is 73.1 cm³/mol. The molecule has 1 amide bonds. The van der Waals surface area contributed by atoms with Gasteiger partial charge in [0.2, 0.25) is 0 Å². The van der Waals surface area contributed by atoms with Crippen LogP contribution in [-0.2, 0) is 0 Å². The van der Waals surface area contributed by atoms with Crippen molar-refractivity contribution in [1.82, 2.24) is 0 Å². The van der Waals surface area contributed by atoms with Crippen LogP contribution in [0.2, 0.25) is 0 Å². The average molecular weight is 362 g/mol. The van der Waals surface area contributed by atoms with E-state index in [1.165, 1.54) is 13.0 Å². The van der Waals surface area contributed by atoms with Crippen LogP contribution < -0.4 is 5.32 Å². The van der Waals surface area contributed by atoms with Gasteiger partial charge in [0.05, 0.1) is 10.2 Å². The first-order chi connectivity index (χ1) is 9.81. The van der Waals surface area contributed by atoms with Gasteiger partial charge in [-0.3, -0.25) is 4.79 Å². The number of benzene rings is 2. The van der Waals surface area contributed by atoms with Crippen LogP contribution in [0.5, 0.6) is 0 Å². The molecule has 0 spiro atoms. The molecule has 110 valence electrons. The Bertz CT molecular complexity index is 733. The summed E-state index contributed by atoms with van der Waals surface area (Å²) in [5.74, 6) is -5.10. The molecule has 0 unspecified atom stereocenters. The average Bonchev–Trinajstić information content (AvgIpc) is 2.41. The predicted octanol–water partition coefficient (Wildman–Crippen LogP) is 4.57. The lowest BCUT2D eigenvalue weighted by Crippen LogP contribution is -2.17. The maximum absolute atomic E-state index is 13.8. The number of anilines is 1. The molecule has 0 saturated heterocycles. The summed E-state index contributed by atoms with van der Waals surface area (Å²) in [7, 11) is 0. The SMILES string of the molecule is Cc1ccc(F)c(C(=O)Nc2cc(F)c(Br)cc2F)c1F. The van der Waals surface area contributed by atoms with E-state index >= 15 is 0 Å². The van der Waals surface area contributed by atoms with Gasteiger partial charge in [-0.1, -0.05) is 6.07 Å². The largest absolute Gasteiger partial charge is 0.319 e. The van der Waals surface area contributed by atoms with Gasteiger partial charge in [0.25, 0.3) is 5.91 Å². The number of rotatable bonds is 2. The zero-order chi connectivity index (χ0) is 15.7. The molecule has 0 aliphatic rings. The number of hydrogen-bond acceptors (Lipinski definition) is 1. The van der Waals surface area contributed by atoms with Crippen molar-refractivity contribution in [1.29, 1.82) is 0 Å². The number of nitrogens with one attached hydrogen (secondary N) is 1. The van der Waals surface area contributed by atoms with E-state index in [1.807, 2.05) is 5.32 Å². The Morgan fingerprint density at radius 3 is 2.38 bits per heavy atom. The molecular weight excluding hydrogens is 354 g/mol. The fourth-order valence-electron chi connectivity index (χ4n) is 1.67. The molecule has 0 bridgehead atoms. The Kier molecular flexibility index (Phi) is 4.32. The minimum atomic E-state index is -1.20. The standard InChI is InChI=1S/C14H8BrF4NO/c1-6-2-3-8(16)12(13(6)19)14(21)20-11-5-9(17)7(15)4-10(11)18/h2-5H,1H3,(H,20,21). The number of halogens is 5. The van der Waals surface area contributed by atoms with E-state index in [0.717, 1.165) is 12.1 Å². The van der Waals surface area contributed by atoms with E-state index in [1.54, 1.807) is 0 Å². The van der Waals surface area contributed by atoms with Crippen molar-refractivity contribution in [3.63, 3.8) is 0 Å². The lowest BCUT2D eigenvalue weighted by atomic mass is 10.1. The van der Waals surface area contributed by atoms with E-state index in [4.69, 9.17) is 0 Å². The maximum Gasteiger partial charge on any atom is 0.261 e. The summed E-state index contributed by atoms with van der Waals surface area (Å²) in [5.41, 5.74) is -1.30. The first kappa shape index (κ1) is 15.5. The molecule has 0 aliphatic heterocycles. The normalized spacial score (nSPS) is 10.6. The number of carbonyl (C=O) groups excluding carboxylic acids is 1. The van der Waals surface area contributed by atoms with Crippen molar-refractivity contribution in [2.24, 2.45) is 0 Å². The van der Waals surface area contributed by atoms with Crippen molar-refractivity contribution in [2.45, 2.75) is 6.92 Å². The molecule has 0 heterocycles. The Balaban J connectivity index is 2.40. The van der Waals surface area contributed by atoms with Crippen molar-refractivity contribution < 1.29 is 22.4 Å². The van der Waals surface area contributed by atoms with Crippen LogP contribution in [0.3, 0.4) is 0 Å². The molecule has 2 rings (SSSR count). The molecule has 0 radical (unpaired) electrons. The van der Waals surface area contributed by atoms with E-state index in [2.05, 4.69) is 15.9 Å². The zero-order valence-corrected chi connectivity index (χ0v) is 12.2. The fraction of sp³-hybridized carbons (Fsp3) is 0.0714. The highest BCUT2D eigenvalue weighted by atomic mass is 79.9. The first-order valence-corrected chi connectivity index (χ1v) is 6.51. The Morgan fingerprint density at radius 1 is 1.05 bits per heavy atom. The molecule has 0 aliphatic carbocycles. The van der Waals surface area contributed by atoms with E-state index in [-0.39, 0.29) is 10.0 Å². The summed E-state index contributed by atoms with van der Waals surface area (Å²) in [5, 5.41) is 1.95. The van der Waals surface area contributed by atoms with E-state index in [0.29, 0.717) is 6.07 Å². The fourth-order valence-corrected chi connectivity index (χ4v) is 1.98. The van der Waals surface area contributed by atoms with Gasteiger partial charge in [-0.2, -0.15) is 0 Å². The molecule has 1 N–H and O–H groups in total. The molecule has 7 heteroatoms. The molecule has 0 fully saturated rings. The van der Waals surface area contributed by atoms with Crippen LogP contribution in [-0.4, -0.2) is 5.91 Å². The molecule has 2 aromatic rings. The van der Waals surface area contributed by atoms with Gasteiger partial charge in [-0.15, -0.1) is 0 Å². The minimum Gasteiger partial charge on any atom is -0.319 e. The Morgan fingerprint density at radius 2 is 1.71 bits per heavy atom. The monoisotopic (exact) mass is 361 g/mol. The van der Waals surface area contributed by atoms with Crippen LogP contribution in [0.25, 0.3) is 0 Å². The molecule has 0 atom stereocenters. The summed E-state index contributed by atoms with van der Waals surface area (Å²) in [6.07, 6.45) is 0. The molecule has 21 heavy (non-hydrogen) atoms. The minimum absolute atomic E-state index is 0.0593. The third-order valence-electron chi connectivity index (χ3n) is 2.77. The molecular formula is C14H8BrF4NO.